The number of aliphatic hydroxyl groups excluding tert-OH is 1. The number of hydrogen-bond donors (Lipinski definition) is 1. The summed E-state index contributed by atoms with van der Waals surface area (Å²) in [5.74, 6) is -1.58. The average molecular weight is 210 g/mol. The lowest BCUT2D eigenvalue weighted by atomic mass is 9.83. The van der Waals surface area contributed by atoms with E-state index in [0.717, 1.165) is 5.57 Å². The normalized spacial score (nSPS) is 21.5. The van der Waals surface area contributed by atoms with E-state index in [9.17, 15) is 14.7 Å². The van der Waals surface area contributed by atoms with Crippen LogP contribution in [-0.4, -0.2) is 24.0 Å². The van der Waals surface area contributed by atoms with E-state index in [0.29, 0.717) is 5.57 Å². The molecule has 0 fully saturated rings. The van der Waals surface area contributed by atoms with Crippen molar-refractivity contribution >= 4 is 11.8 Å². The number of ketones is 1. The number of ether oxygens (including phenoxy) is 1. The lowest BCUT2D eigenvalue weighted by Gasteiger charge is -2.22. The Balaban J connectivity index is 2.96. The number of rotatable bonds is 2. The molecule has 4 nitrogen and oxygen atoms in total. The molecule has 1 rings (SSSR count). The van der Waals surface area contributed by atoms with Gasteiger partial charge in [0.15, 0.2) is 5.78 Å². The van der Waals surface area contributed by atoms with Crippen LogP contribution in [0.25, 0.3) is 0 Å². The summed E-state index contributed by atoms with van der Waals surface area (Å²) in [6.45, 7) is 5.16. The second-order valence-corrected chi connectivity index (χ2v) is 3.63. The summed E-state index contributed by atoms with van der Waals surface area (Å²) >= 11 is 0. The third kappa shape index (κ3) is 2.26. The van der Waals surface area contributed by atoms with Crippen LogP contribution >= 0.6 is 0 Å². The zero-order valence-electron chi connectivity index (χ0n) is 8.87. The minimum Gasteiger partial charge on any atom is -0.508 e. The zero-order valence-corrected chi connectivity index (χ0v) is 8.87. The van der Waals surface area contributed by atoms with Crippen LogP contribution in [0.15, 0.2) is 23.5 Å². The van der Waals surface area contributed by atoms with E-state index in [2.05, 4.69) is 11.3 Å². The molecule has 1 unspecified atom stereocenters. The predicted octanol–water partition coefficient (Wildman–Crippen LogP) is 1.53. The SMILES string of the molecule is C=C(O)C1=C(C)CC(=O)C(C(=O)OC)C1. The topological polar surface area (TPSA) is 63.6 Å². The molecular weight excluding hydrogens is 196 g/mol. The maximum Gasteiger partial charge on any atom is 0.316 e. The molecule has 1 N–H and O–H groups in total. The number of esters is 1. The van der Waals surface area contributed by atoms with Gasteiger partial charge < -0.3 is 9.84 Å². The summed E-state index contributed by atoms with van der Waals surface area (Å²) in [5, 5.41) is 9.29. The van der Waals surface area contributed by atoms with Crippen LogP contribution in [0.3, 0.4) is 0 Å². The smallest absolute Gasteiger partial charge is 0.316 e. The first-order valence-corrected chi connectivity index (χ1v) is 4.64. The van der Waals surface area contributed by atoms with Crippen LogP contribution in [0.5, 0.6) is 0 Å². The molecule has 0 spiro atoms. The quantitative estimate of drug-likeness (QED) is 0.426. The van der Waals surface area contributed by atoms with E-state index < -0.39 is 11.9 Å². The first-order chi connectivity index (χ1) is 6.97. The van der Waals surface area contributed by atoms with E-state index in [4.69, 9.17) is 0 Å². The van der Waals surface area contributed by atoms with Crippen molar-refractivity contribution in [3.63, 3.8) is 0 Å². The molecule has 0 saturated heterocycles. The number of methoxy groups -OCH3 is 1. The summed E-state index contributed by atoms with van der Waals surface area (Å²) in [7, 11) is 1.24. The fourth-order valence-corrected chi connectivity index (χ4v) is 1.70. The Morgan fingerprint density at radius 2 is 2.20 bits per heavy atom. The molecule has 0 aromatic heterocycles. The molecule has 1 atom stereocenters. The van der Waals surface area contributed by atoms with Gasteiger partial charge in [0.1, 0.15) is 11.7 Å². The maximum absolute atomic E-state index is 11.5. The maximum atomic E-state index is 11.5. The van der Waals surface area contributed by atoms with Crippen molar-refractivity contribution in [2.45, 2.75) is 19.8 Å². The summed E-state index contributed by atoms with van der Waals surface area (Å²) in [4.78, 5) is 22.8. The molecule has 0 radical (unpaired) electrons. The van der Waals surface area contributed by atoms with Gasteiger partial charge in [0.2, 0.25) is 0 Å². The summed E-state index contributed by atoms with van der Waals surface area (Å²) in [5.41, 5.74) is 1.36. The van der Waals surface area contributed by atoms with Gasteiger partial charge in [0, 0.05) is 6.42 Å². The van der Waals surface area contributed by atoms with Crippen LogP contribution in [-0.2, 0) is 14.3 Å². The van der Waals surface area contributed by atoms with Crippen molar-refractivity contribution in [3.05, 3.63) is 23.5 Å². The molecule has 0 aliphatic heterocycles. The van der Waals surface area contributed by atoms with Crippen LogP contribution in [0.4, 0.5) is 0 Å². The highest BCUT2D eigenvalue weighted by Gasteiger charge is 2.33. The minimum atomic E-state index is -0.794. The Morgan fingerprint density at radius 3 is 2.67 bits per heavy atom. The monoisotopic (exact) mass is 210 g/mol. The van der Waals surface area contributed by atoms with E-state index in [1.165, 1.54) is 7.11 Å². The number of carbonyl (C=O) groups is 2. The van der Waals surface area contributed by atoms with Gasteiger partial charge in [-0.3, -0.25) is 9.59 Å². The second kappa shape index (κ2) is 4.29. The van der Waals surface area contributed by atoms with E-state index in [1.807, 2.05) is 0 Å². The van der Waals surface area contributed by atoms with Gasteiger partial charge in [-0.1, -0.05) is 12.2 Å². The molecule has 0 heterocycles. The molecule has 0 aromatic carbocycles. The number of aliphatic hydroxyl groups is 1. The summed E-state index contributed by atoms with van der Waals surface area (Å²) in [6, 6.07) is 0. The van der Waals surface area contributed by atoms with Gasteiger partial charge in [-0.25, -0.2) is 0 Å². The van der Waals surface area contributed by atoms with Crippen molar-refractivity contribution in [2.75, 3.05) is 7.11 Å². The Labute approximate surface area is 88.2 Å². The highest BCUT2D eigenvalue weighted by molar-refractivity contribution is 6.01. The Bertz CT molecular complexity index is 352. The van der Waals surface area contributed by atoms with Crippen LogP contribution < -0.4 is 0 Å². The van der Waals surface area contributed by atoms with Crippen molar-refractivity contribution < 1.29 is 19.4 Å². The number of carbonyl (C=O) groups excluding carboxylic acids is 2. The predicted molar refractivity (Wildman–Crippen MR) is 54.2 cm³/mol. The molecule has 82 valence electrons. The molecule has 1 aliphatic carbocycles. The van der Waals surface area contributed by atoms with Crippen LogP contribution in [0.1, 0.15) is 19.8 Å². The van der Waals surface area contributed by atoms with Gasteiger partial charge in [0.05, 0.1) is 7.11 Å². The average Bonchev–Trinajstić information content (AvgIpc) is 2.16. The van der Waals surface area contributed by atoms with E-state index in [-0.39, 0.29) is 24.4 Å². The first kappa shape index (κ1) is 11.5. The van der Waals surface area contributed by atoms with Gasteiger partial charge in [-0.2, -0.15) is 0 Å². The highest BCUT2D eigenvalue weighted by atomic mass is 16.5. The van der Waals surface area contributed by atoms with E-state index in [1.54, 1.807) is 6.92 Å². The molecule has 0 saturated carbocycles. The van der Waals surface area contributed by atoms with Crippen molar-refractivity contribution in [3.8, 4) is 0 Å². The molecule has 0 aromatic rings. The lowest BCUT2D eigenvalue weighted by Crippen LogP contribution is -2.29. The van der Waals surface area contributed by atoms with Gasteiger partial charge in [-0.15, -0.1) is 0 Å². The highest BCUT2D eigenvalue weighted by Crippen LogP contribution is 2.30. The fourth-order valence-electron chi connectivity index (χ4n) is 1.70. The largest absolute Gasteiger partial charge is 0.508 e. The van der Waals surface area contributed by atoms with Crippen LogP contribution in [0, 0.1) is 5.92 Å². The number of allylic oxidation sites excluding steroid dienone is 2. The van der Waals surface area contributed by atoms with Crippen molar-refractivity contribution in [1.29, 1.82) is 0 Å². The summed E-state index contributed by atoms with van der Waals surface area (Å²) in [6.07, 6.45) is 0.362. The minimum absolute atomic E-state index is 0.0751. The molecule has 4 heteroatoms. The zero-order chi connectivity index (χ0) is 11.6. The first-order valence-electron chi connectivity index (χ1n) is 4.64. The van der Waals surface area contributed by atoms with Gasteiger partial charge >= 0.3 is 5.97 Å². The Kier molecular flexibility index (Phi) is 3.29. The summed E-state index contributed by atoms with van der Waals surface area (Å²) < 4.78 is 4.53. The van der Waals surface area contributed by atoms with Gasteiger partial charge in [-0.05, 0) is 18.9 Å². The molecule has 1 aliphatic rings. The molecular formula is C11H14O4. The van der Waals surface area contributed by atoms with Crippen LogP contribution in [0.2, 0.25) is 0 Å². The Morgan fingerprint density at radius 1 is 1.60 bits per heavy atom. The van der Waals surface area contributed by atoms with Crippen molar-refractivity contribution in [2.24, 2.45) is 5.92 Å². The Hall–Kier alpha value is -1.58. The third-order valence-electron chi connectivity index (χ3n) is 2.59. The lowest BCUT2D eigenvalue weighted by molar-refractivity contribution is -0.149. The second-order valence-electron chi connectivity index (χ2n) is 3.63. The molecule has 0 bridgehead atoms. The standard InChI is InChI=1S/C11H14O4/c1-6-4-10(13)9(11(14)15-3)5-8(6)7(2)12/h9,12H,2,4-5H2,1,3H3. The van der Waals surface area contributed by atoms with Gasteiger partial charge in [0.25, 0.3) is 0 Å². The van der Waals surface area contributed by atoms with Crippen molar-refractivity contribution in [1.82, 2.24) is 0 Å². The van der Waals surface area contributed by atoms with E-state index >= 15 is 0 Å². The number of hydrogen-bond acceptors (Lipinski definition) is 4. The third-order valence-corrected chi connectivity index (χ3v) is 2.59. The fraction of sp³-hybridized carbons (Fsp3) is 0.455. The number of Topliss-reactive ketones (excluding diaryl/α,β-unsaturated/α-hetero) is 1. The molecule has 15 heavy (non-hydrogen) atoms. The molecule has 0 amide bonds.